The summed E-state index contributed by atoms with van der Waals surface area (Å²) in [6.45, 7) is 4.50. The van der Waals surface area contributed by atoms with Gasteiger partial charge in [-0.3, -0.25) is 0 Å². The maximum absolute atomic E-state index is 6.10. The third kappa shape index (κ3) is 4.79. The Bertz CT molecular complexity index is 2340. The van der Waals surface area contributed by atoms with Gasteiger partial charge >= 0.3 is 0 Å². The predicted octanol–water partition coefficient (Wildman–Crippen LogP) is 12.9. The predicted molar refractivity (Wildman–Crippen MR) is 196 cm³/mol. The molecule has 2 aliphatic carbocycles. The first-order valence-electron chi connectivity index (χ1n) is 16.9. The van der Waals surface area contributed by atoms with Gasteiger partial charge in [-0.1, -0.05) is 110 Å². The molecule has 6 aromatic carbocycles. The Hall–Kier alpha value is -5.34. The Morgan fingerprint density at radius 3 is 1.53 bits per heavy atom. The summed E-state index contributed by atoms with van der Waals surface area (Å²) >= 11 is 0. The maximum atomic E-state index is 6.10. The molecule has 2 nitrogen and oxygen atoms in total. The summed E-state index contributed by atoms with van der Waals surface area (Å²) in [7, 11) is 0. The average molecular weight is 609 g/mol. The van der Waals surface area contributed by atoms with Crippen LogP contribution < -0.4 is 0 Å². The summed E-state index contributed by atoms with van der Waals surface area (Å²) in [5.74, 6) is 0.598. The van der Waals surface area contributed by atoms with Gasteiger partial charge in [-0.15, -0.1) is 0 Å². The third-order valence-electron chi connectivity index (χ3n) is 10.1. The van der Waals surface area contributed by atoms with E-state index in [1.54, 1.807) is 5.57 Å². The van der Waals surface area contributed by atoms with Crippen LogP contribution in [0.4, 0.5) is 0 Å². The fourth-order valence-electron chi connectivity index (χ4n) is 7.45. The lowest BCUT2D eigenvalue weighted by Crippen LogP contribution is -2.03. The van der Waals surface area contributed by atoms with Crippen LogP contribution in [0.5, 0.6) is 0 Å². The molecule has 47 heavy (non-hydrogen) atoms. The molecule has 0 saturated heterocycles. The fourth-order valence-corrected chi connectivity index (χ4v) is 7.45. The molecule has 2 heterocycles. The Morgan fingerprint density at radius 2 is 1.02 bits per heavy atom. The SMILES string of the molecule is CC(C)c1ccc(C(=C2CCC2)c2ccccc2)cc1.c1ccc2c(c1)oc1cc3c(cc12)Cc1cc2c(cc1-3)oc1ccccc12. The van der Waals surface area contributed by atoms with Crippen molar-refractivity contribution in [1.29, 1.82) is 0 Å². The number of fused-ring (bicyclic) bond motifs is 9. The van der Waals surface area contributed by atoms with Crippen LogP contribution >= 0.6 is 0 Å². The van der Waals surface area contributed by atoms with Crippen molar-refractivity contribution in [3.05, 3.63) is 161 Å². The molecule has 0 unspecified atom stereocenters. The van der Waals surface area contributed by atoms with Crippen molar-refractivity contribution in [3.63, 3.8) is 0 Å². The van der Waals surface area contributed by atoms with Crippen molar-refractivity contribution in [3.8, 4) is 11.1 Å². The Labute approximate surface area is 275 Å². The molecule has 0 N–H and O–H groups in total. The minimum Gasteiger partial charge on any atom is -0.456 e. The van der Waals surface area contributed by atoms with E-state index >= 15 is 0 Å². The molecule has 228 valence electrons. The molecule has 0 amide bonds. The first-order valence-corrected chi connectivity index (χ1v) is 16.9. The highest BCUT2D eigenvalue weighted by atomic mass is 16.3. The van der Waals surface area contributed by atoms with Crippen LogP contribution in [0.2, 0.25) is 0 Å². The van der Waals surface area contributed by atoms with Gasteiger partial charge in [-0.2, -0.15) is 0 Å². The van der Waals surface area contributed by atoms with Crippen LogP contribution in [-0.4, -0.2) is 0 Å². The molecule has 0 radical (unpaired) electrons. The lowest BCUT2D eigenvalue weighted by Gasteiger charge is -2.23. The maximum Gasteiger partial charge on any atom is 0.136 e. The second-order valence-electron chi connectivity index (χ2n) is 13.4. The fraction of sp³-hybridized carbons (Fsp3) is 0.156. The summed E-state index contributed by atoms with van der Waals surface area (Å²) in [6, 6.07) is 45.5. The molecule has 2 aliphatic rings. The Balaban J connectivity index is 0.000000136. The lowest BCUT2D eigenvalue weighted by atomic mass is 9.82. The number of hydrogen-bond acceptors (Lipinski definition) is 2. The van der Waals surface area contributed by atoms with Crippen molar-refractivity contribution in [1.82, 2.24) is 0 Å². The molecular weight excluding hydrogens is 572 g/mol. The van der Waals surface area contributed by atoms with Crippen molar-refractivity contribution in [2.45, 2.75) is 45.4 Å². The van der Waals surface area contributed by atoms with Crippen molar-refractivity contribution >= 4 is 49.5 Å². The molecule has 0 aliphatic heterocycles. The van der Waals surface area contributed by atoms with Gasteiger partial charge in [0.2, 0.25) is 0 Å². The molecule has 2 heteroatoms. The van der Waals surface area contributed by atoms with Gasteiger partial charge in [-0.05, 0) is 113 Å². The zero-order valence-electron chi connectivity index (χ0n) is 26.8. The Morgan fingerprint density at radius 1 is 0.511 bits per heavy atom. The van der Waals surface area contributed by atoms with Gasteiger partial charge < -0.3 is 8.83 Å². The highest BCUT2D eigenvalue weighted by Gasteiger charge is 2.23. The van der Waals surface area contributed by atoms with E-state index in [9.17, 15) is 0 Å². The minimum atomic E-state index is 0.598. The second kappa shape index (κ2) is 11.2. The third-order valence-corrected chi connectivity index (χ3v) is 10.1. The minimum absolute atomic E-state index is 0.598. The number of hydrogen-bond donors (Lipinski definition) is 0. The van der Waals surface area contributed by atoms with E-state index in [-0.39, 0.29) is 0 Å². The average Bonchev–Trinajstić information content (AvgIpc) is 3.75. The molecule has 0 spiro atoms. The first-order chi connectivity index (χ1) is 23.1. The van der Waals surface area contributed by atoms with Crippen LogP contribution in [-0.2, 0) is 6.42 Å². The summed E-state index contributed by atoms with van der Waals surface area (Å²) < 4.78 is 12.2. The molecule has 0 bridgehead atoms. The van der Waals surface area contributed by atoms with E-state index in [0.717, 1.165) is 28.8 Å². The van der Waals surface area contributed by atoms with Crippen molar-refractivity contribution in [2.24, 2.45) is 0 Å². The number of benzene rings is 6. The number of rotatable bonds is 3. The number of para-hydroxylation sites is 2. The van der Waals surface area contributed by atoms with Crippen LogP contribution in [0.3, 0.4) is 0 Å². The summed E-state index contributed by atoms with van der Waals surface area (Å²) in [5, 5.41) is 4.77. The van der Waals surface area contributed by atoms with Gasteiger partial charge in [0.05, 0.1) is 0 Å². The van der Waals surface area contributed by atoms with E-state index in [1.165, 1.54) is 85.3 Å². The van der Waals surface area contributed by atoms with Crippen LogP contribution in [0, 0.1) is 0 Å². The number of allylic oxidation sites excluding steroid dienone is 1. The second-order valence-corrected chi connectivity index (χ2v) is 13.4. The first kappa shape index (κ1) is 27.9. The molecule has 1 fully saturated rings. The molecule has 0 atom stereocenters. The van der Waals surface area contributed by atoms with Gasteiger partial charge in [0.15, 0.2) is 0 Å². The quantitative estimate of drug-likeness (QED) is 0.199. The summed E-state index contributed by atoms with van der Waals surface area (Å²) in [6.07, 6.45) is 4.82. The normalized spacial score (nSPS) is 13.6. The summed E-state index contributed by atoms with van der Waals surface area (Å²) in [4.78, 5) is 0. The van der Waals surface area contributed by atoms with Crippen LogP contribution in [0.1, 0.15) is 66.8 Å². The summed E-state index contributed by atoms with van der Waals surface area (Å²) in [5.41, 5.74) is 16.3. The Kier molecular flexibility index (Phi) is 6.64. The standard InChI is InChI=1S/C25H14O2.C20H22/c1-3-7-22-16(5-1)20-10-14-9-15-11-21-17-6-2-4-8-23(17)27-25(21)13-19(15)18(14)12-24(20)26-22;1-15(2)16-11-13-19(14-12-16)20(18-9-6-10-18)17-7-4-3-5-8-17/h1-8,10-13H,9H2;3-5,7-8,11-15H,6,9-10H2,1-2H3. The molecule has 10 rings (SSSR count). The molecule has 1 saturated carbocycles. The zero-order valence-corrected chi connectivity index (χ0v) is 26.8. The highest BCUT2D eigenvalue weighted by Crippen LogP contribution is 2.44. The van der Waals surface area contributed by atoms with E-state index in [0.29, 0.717) is 5.92 Å². The molecular formula is C45H36O2. The van der Waals surface area contributed by atoms with Gasteiger partial charge in [0.25, 0.3) is 0 Å². The van der Waals surface area contributed by atoms with Crippen LogP contribution in [0.15, 0.2) is 142 Å². The van der Waals surface area contributed by atoms with Crippen molar-refractivity contribution < 1.29 is 8.83 Å². The lowest BCUT2D eigenvalue weighted by molar-refractivity contribution is 0.666. The smallest absolute Gasteiger partial charge is 0.136 e. The largest absolute Gasteiger partial charge is 0.456 e. The van der Waals surface area contributed by atoms with Gasteiger partial charge in [0.1, 0.15) is 22.3 Å². The van der Waals surface area contributed by atoms with E-state index in [2.05, 4.69) is 117 Å². The van der Waals surface area contributed by atoms with E-state index in [1.807, 2.05) is 24.3 Å². The topological polar surface area (TPSA) is 26.3 Å². The molecule has 2 aromatic heterocycles. The van der Waals surface area contributed by atoms with E-state index < -0.39 is 0 Å². The van der Waals surface area contributed by atoms with Gasteiger partial charge in [0, 0.05) is 21.5 Å². The van der Waals surface area contributed by atoms with Crippen LogP contribution in [0.25, 0.3) is 60.6 Å². The zero-order chi connectivity index (χ0) is 31.5. The van der Waals surface area contributed by atoms with Crippen molar-refractivity contribution in [2.75, 3.05) is 0 Å². The molecule has 8 aromatic rings. The monoisotopic (exact) mass is 608 g/mol. The van der Waals surface area contributed by atoms with E-state index in [4.69, 9.17) is 8.83 Å². The van der Waals surface area contributed by atoms with Gasteiger partial charge in [-0.25, -0.2) is 0 Å². The number of furan rings is 2. The highest BCUT2D eigenvalue weighted by molar-refractivity contribution is 6.09.